The molecule has 5 amide bonds. The number of carbonyl (C=O) groups is 5. The van der Waals surface area contributed by atoms with E-state index in [-0.39, 0.29) is 38.4 Å². The molecular formula is C40H43FN6O6. The maximum Gasteiger partial charge on any atom is 0.408 e. The first-order valence-corrected chi connectivity index (χ1v) is 17.7. The Hall–Kier alpha value is -5.77. The molecule has 5 atom stereocenters. The molecular weight excluding hydrogens is 679 g/mol. The van der Waals surface area contributed by atoms with E-state index in [0.717, 1.165) is 11.1 Å². The van der Waals surface area contributed by atoms with Crippen LogP contribution in [-0.2, 0) is 42.4 Å². The monoisotopic (exact) mass is 722 g/mol. The quantitative estimate of drug-likeness (QED) is 0.299. The predicted molar refractivity (Wildman–Crippen MR) is 192 cm³/mol. The molecule has 53 heavy (non-hydrogen) atoms. The van der Waals surface area contributed by atoms with Crippen LogP contribution in [0.15, 0.2) is 78.9 Å². The second kappa shape index (κ2) is 15.1. The van der Waals surface area contributed by atoms with Crippen molar-refractivity contribution in [2.24, 2.45) is 5.41 Å². The lowest BCUT2D eigenvalue weighted by atomic mass is 9.80. The number of fused-ring (bicyclic) bond motifs is 2. The molecule has 1 spiro atoms. The van der Waals surface area contributed by atoms with E-state index in [1.807, 2.05) is 24.3 Å². The molecule has 0 aromatic heterocycles. The number of nitrogens with one attached hydrogen (secondary N) is 3. The summed E-state index contributed by atoms with van der Waals surface area (Å²) in [5.41, 5.74) is 0.793. The highest BCUT2D eigenvalue weighted by molar-refractivity contribution is 6.07. The minimum atomic E-state index is -1.20. The number of alkyl carbamates (subject to hydrolysis) is 1. The number of halogens is 1. The standard InChI is InChI=1S/C40H43FN6O6/c1-39(2,3)33(45-34(48)31(20-25-15-17-27(41)18-16-25)44-38(52)53-23-26-10-5-4-6-11-26)36(50)46-19-9-14-32(46)35(49)47-24-40(21-28(47)22-42)29-12-7-8-13-30(29)43-37(40)51/h4-8,10-13,15-18,28,31-33H,9,14,19-21,23-24H2,1-3H3,(H,43,51)(H,44,52)(H,45,48)/t28-,31?,32-,33?,40-/m0/s1. The van der Waals surface area contributed by atoms with Crippen LogP contribution in [0.25, 0.3) is 0 Å². The van der Waals surface area contributed by atoms with Gasteiger partial charge in [0.15, 0.2) is 0 Å². The van der Waals surface area contributed by atoms with Gasteiger partial charge >= 0.3 is 6.09 Å². The molecule has 276 valence electrons. The minimum Gasteiger partial charge on any atom is -0.445 e. The molecule has 12 nitrogen and oxygen atoms in total. The number of amides is 5. The Balaban J connectivity index is 1.19. The summed E-state index contributed by atoms with van der Waals surface area (Å²) in [6.45, 7) is 5.57. The minimum absolute atomic E-state index is 0.00196. The van der Waals surface area contributed by atoms with Crippen molar-refractivity contribution in [1.82, 2.24) is 20.4 Å². The number of hydrogen-bond donors (Lipinski definition) is 3. The molecule has 0 saturated carbocycles. The third-order valence-corrected chi connectivity index (χ3v) is 10.3. The fourth-order valence-electron chi connectivity index (χ4n) is 7.49. The molecule has 6 rings (SSSR count). The first-order chi connectivity index (χ1) is 25.3. The Labute approximate surface area is 307 Å². The molecule has 13 heteroatoms. The van der Waals surface area contributed by atoms with Gasteiger partial charge in [-0.05, 0) is 53.1 Å². The van der Waals surface area contributed by atoms with E-state index < -0.39 is 64.6 Å². The number of hydrogen-bond acceptors (Lipinski definition) is 7. The molecule has 3 heterocycles. The van der Waals surface area contributed by atoms with Crippen LogP contribution in [-0.4, -0.2) is 76.8 Å². The van der Waals surface area contributed by atoms with Crippen molar-refractivity contribution in [3.63, 3.8) is 0 Å². The molecule has 2 unspecified atom stereocenters. The highest BCUT2D eigenvalue weighted by Crippen LogP contribution is 2.46. The summed E-state index contributed by atoms with van der Waals surface area (Å²) in [5.74, 6) is -2.30. The highest BCUT2D eigenvalue weighted by Gasteiger charge is 2.57. The number of nitrogens with zero attached hydrogens (tertiary/aromatic N) is 3. The average Bonchev–Trinajstić information content (AvgIpc) is 3.86. The Kier molecular flexibility index (Phi) is 10.5. The maximum atomic E-state index is 14.4. The lowest BCUT2D eigenvalue weighted by Gasteiger charge is -2.37. The topological polar surface area (TPSA) is 161 Å². The Morgan fingerprint density at radius 2 is 1.68 bits per heavy atom. The van der Waals surface area contributed by atoms with Crippen LogP contribution in [0.1, 0.15) is 56.7 Å². The number of nitriles is 1. The van der Waals surface area contributed by atoms with Crippen molar-refractivity contribution in [3.8, 4) is 6.07 Å². The van der Waals surface area contributed by atoms with Gasteiger partial charge in [-0.2, -0.15) is 5.26 Å². The Bertz CT molecular complexity index is 1930. The normalized spacial score (nSPS) is 21.7. The van der Waals surface area contributed by atoms with Gasteiger partial charge in [-0.1, -0.05) is 81.4 Å². The summed E-state index contributed by atoms with van der Waals surface area (Å²) in [7, 11) is 0. The van der Waals surface area contributed by atoms with E-state index in [0.29, 0.717) is 24.1 Å². The van der Waals surface area contributed by atoms with Crippen molar-refractivity contribution in [2.75, 3.05) is 18.4 Å². The highest BCUT2D eigenvalue weighted by atomic mass is 19.1. The van der Waals surface area contributed by atoms with Crippen LogP contribution in [0.2, 0.25) is 0 Å². The lowest BCUT2D eigenvalue weighted by molar-refractivity contribution is -0.147. The summed E-state index contributed by atoms with van der Waals surface area (Å²) >= 11 is 0. The molecule has 2 fully saturated rings. The number of para-hydroxylation sites is 1. The first-order valence-electron chi connectivity index (χ1n) is 17.7. The van der Waals surface area contributed by atoms with Gasteiger partial charge in [0.2, 0.25) is 23.6 Å². The molecule has 3 aliphatic rings. The molecule has 2 saturated heterocycles. The summed E-state index contributed by atoms with van der Waals surface area (Å²) < 4.78 is 19.1. The van der Waals surface area contributed by atoms with Gasteiger partial charge in [-0.3, -0.25) is 19.2 Å². The summed E-state index contributed by atoms with van der Waals surface area (Å²) in [5, 5.41) is 18.5. The third kappa shape index (κ3) is 7.72. The van der Waals surface area contributed by atoms with Crippen molar-refractivity contribution >= 4 is 35.4 Å². The number of likely N-dealkylation sites (tertiary alicyclic amines) is 2. The SMILES string of the molecule is CC(C)(C)C(NC(=O)C(Cc1ccc(F)cc1)NC(=O)OCc1ccccc1)C(=O)N1CCC[C@H]1C(=O)N1C[C@]2(C[C@H]1C#N)C(=O)Nc1ccccc12. The van der Waals surface area contributed by atoms with Crippen LogP contribution in [0.3, 0.4) is 0 Å². The van der Waals surface area contributed by atoms with E-state index in [9.17, 15) is 33.6 Å². The molecule has 3 aliphatic heterocycles. The zero-order valence-electron chi connectivity index (χ0n) is 29.9. The fourth-order valence-corrected chi connectivity index (χ4v) is 7.49. The van der Waals surface area contributed by atoms with Gasteiger partial charge in [0.1, 0.15) is 36.6 Å². The van der Waals surface area contributed by atoms with Crippen molar-refractivity contribution in [3.05, 3.63) is 101 Å². The van der Waals surface area contributed by atoms with Gasteiger partial charge in [-0.15, -0.1) is 0 Å². The van der Waals surface area contributed by atoms with E-state index >= 15 is 0 Å². The smallest absolute Gasteiger partial charge is 0.408 e. The van der Waals surface area contributed by atoms with Crippen LogP contribution >= 0.6 is 0 Å². The fraction of sp³-hybridized carbons (Fsp3) is 0.400. The van der Waals surface area contributed by atoms with Gasteiger partial charge in [0, 0.05) is 31.6 Å². The second-order valence-electron chi connectivity index (χ2n) is 15.0. The molecule has 0 aliphatic carbocycles. The number of anilines is 1. The molecule has 3 aromatic carbocycles. The van der Waals surface area contributed by atoms with Crippen molar-refractivity contribution < 1.29 is 33.1 Å². The molecule has 0 bridgehead atoms. The first kappa shape index (κ1) is 37.0. The molecule has 0 radical (unpaired) electrons. The largest absolute Gasteiger partial charge is 0.445 e. The van der Waals surface area contributed by atoms with Gasteiger partial charge in [0.05, 0.1) is 11.5 Å². The van der Waals surface area contributed by atoms with Gasteiger partial charge in [-0.25, -0.2) is 9.18 Å². The average molecular weight is 723 g/mol. The number of benzene rings is 3. The van der Waals surface area contributed by atoms with Gasteiger partial charge < -0.3 is 30.5 Å². The third-order valence-electron chi connectivity index (χ3n) is 10.3. The molecule has 3 N–H and O–H groups in total. The van der Waals surface area contributed by atoms with Crippen LogP contribution in [0, 0.1) is 22.6 Å². The number of carbonyl (C=O) groups excluding carboxylic acids is 5. The van der Waals surface area contributed by atoms with E-state index in [1.165, 1.54) is 34.1 Å². The van der Waals surface area contributed by atoms with Gasteiger partial charge in [0.25, 0.3) is 0 Å². The van der Waals surface area contributed by atoms with Crippen LogP contribution < -0.4 is 16.0 Å². The zero-order chi connectivity index (χ0) is 37.9. The Morgan fingerprint density at radius 1 is 0.981 bits per heavy atom. The predicted octanol–water partition coefficient (Wildman–Crippen LogP) is 4.20. The van der Waals surface area contributed by atoms with E-state index in [2.05, 4.69) is 22.0 Å². The summed E-state index contributed by atoms with van der Waals surface area (Å²) in [6.07, 6.45) is 0.131. The van der Waals surface area contributed by atoms with Crippen LogP contribution in [0.4, 0.5) is 14.9 Å². The second-order valence-corrected chi connectivity index (χ2v) is 15.0. The summed E-state index contributed by atoms with van der Waals surface area (Å²) in [6, 6.07) is 19.9. The van der Waals surface area contributed by atoms with Crippen LogP contribution in [0.5, 0.6) is 0 Å². The summed E-state index contributed by atoms with van der Waals surface area (Å²) in [4.78, 5) is 71.9. The van der Waals surface area contributed by atoms with E-state index in [4.69, 9.17) is 4.74 Å². The molecule has 3 aromatic rings. The zero-order valence-corrected chi connectivity index (χ0v) is 29.9. The number of ether oxygens (including phenoxy) is 1. The maximum absolute atomic E-state index is 14.4. The Morgan fingerprint density at radius 3 is 2.38 bits per heavy atom. The van der Waals surface area contributed by atoms with Crippen molar-refractivity contribution in [2.45, 2.75) is 82.6 Å². The van der Waals surface area contributed by atoms with E-state index in [1.54, 1.807) is 51.1 Å². The van der Waals surface area contributed by atoms with Crippen molar-refractivity contribution in [1.29, 1.82) is 5.26 Å². The lowest BCUT2D eigenvalue weighted by Crippen LogP contribution is -2.61. The number of rotatable bonds is 9.